The molecule has 148 valence electrons. The summed E-state index contributed by atoms with van der Waals surface area (Å²) < 4.78 is 5.28. The van der Waals surface area contributed by atoms with Gasteiger partial charge in [0, 0.05) is 13.1 Å². The molecule has 2 saturated heterocycles. The highest BCUT2D eigenvalue weighted by molar-refractivity contribution is 5.99. The van der Waals surface area contributed by atoms with E-state index in [0.717, 1.165) is 39.0 Å². The predicted octanol–water partition coefficient (Wildman–Crippen LogP) is 1.91. The topological polar surface area (TPSA) is 70.7 Å². The Balaban J connectivity index is 1.69. The van der Waals surface area contributed by atoms with E-state index in [1.165, 1.54) is 0 Å². The lowest BCUT2D eigenvalue weighted by molar-refractivity contribution is -0.134. The van der Waals surface area contributed by atoms with Gasteiger partial charge in [0.25, 0.3) is 5.91 Å². The number of rotatable bonds is 5. The van der Waals surface area contributed by atoms with Crippen LogP contribution in [0.1, 0.15) is 37.0 Å². The molecule has 2 aliphatic rings. The summed E-state index contributed by atoms with van der Waals surface area (Å²) in [6, 6.07) is 6.56. The first-order valence-corrected chi connectivity index (χ1v) is 9.94. The number of carbonyl (C=O) groups is 2. The molecule has 2 N–H and O–H groups in total. The minimum Gasteiger partial charge on any atom is -0.496 e. The molecule has 0 spiro atoms. The lowest BCUT2D eigenvalue weighted by Gasteiger charge is -2.29. The Morgan fingerprint density at radius 1 is 1.15 bits per heavy atom. The maximum Gasteiger partial charge on any atom is 0.255 e. The summed E-state index contributed by atoms with van der Waals surface area (Å²) in [5, 5.41) is 6.41. The second kappa shape index (κ2) is 8.74. The van der Waals surface area contributed by atoms with Crippen LogP contribution in [0.3, 0.4) is 0 Å². The molecule has 1 aromatic carbocycles. The predicted molar refractivity (Wildman–Crippen MR) is 105 cm³/mol. The molecule has 2 amide bonds. The van der Waals surface area contributed by atoms with E-state index in [-0.39, 0.29) is 17.7 Å². The van der Waals surface area contributed by atoms with Crippen LogP contribution in [-0.4, -0.2) is 56.0 Å². The number of nitrogens with zero attached hydrogens (tertiary/aromatic N) is 1. The van der Waals surface area contributed by atoms with E-state index in [9.17, 15) is 9.59 Å². The molecule has 2 aliphatic heterocycles. The van der Waals surface area contributed by atoms with Gasteiger partial charge in [-0.15, -0.1) is 0 Å². The molecule has 27 heavy (non-hydrogen) atoms. The lowest BCUT2D eigenvalue weighted by atomic mass is 9.92. The minimum atomic E-state index is -0.529. The van der Waals surface area contributed by atoms with Crippen LogP contribution in [0.5, 0.6) is 5.75 Å². The number of nitrogens with one attached hydrogen (secondary N) is 2. The van der Waals surface area contributed by atoms with Gasteiger partial charge in [0.15, 0.2) is 0 Å². The molecule has 3 atom stereocenters. The van der Waals surface area contributed by atoms with Crippen molar-refractivity contribution in [3.8, 4) is 5.75 Å². The number of benzene rings is 1. The van der Waals surface area contributed by atoms with Gasteiger partial charge in [-0.1, -0.05) is 26.0 Å². The number of amides is 2. The summed E-state index contributed by atoms with van der Waals surface area (Å²) in [5.41, 5.74) is 0.454. The van der Waals surface area contributed by atoms with E-state index in [4.69, 9.17) is 4.74 Å². The highest BCUT2D eigenvalue weighted by Crippen LogP contribution is 2.27. The van der Waals surface area contributed by atoms with Gasteiger partial charge in [0.05, 0.1) is 12.7 Å². The first-order valence-electron chi connectivity index (χ1n) is 9.94. The summed E-state index contributed by atoms with van der Waals surface area (Å²) in [6.07, 6.45) is 2.07. The van der Waals surface area contributed by atoms with Crippen molar-refractivity contribution >= 4 is 11.8 Å². The van der Waals surface area contributed by atoms with Crippen LogP contribution in [0.2, 0.25) is 0 Å². The fourth-order valence-corrected chi connectivity index (χ4v) is 4.20. The van der Waals surface area contributed by atoms with Crippen LogP contribution in [-0.2, 0) is 4.79 Å². The highest BCUT2D eigenvalue weighted by atomic mass is 16.5. The van der Waals surface area contributed by atoms with Crippen LogP contribution in [0.15, 0.2) is 24.3 Å². The van der Waals surface area contributed by atoms with Gasteiger partial charge in [-0.2, -0.15) is 0 Å². The van der Waals surface area contributed by atoms with Crippen molar-refractivity contribution in [3.63, 3.8) is 0 Å². The van der Waals surface area contributed by atoms with Crippen LogP contribution in [0, 0.1) is 17.8 Å². The van der Waals surface area contributed by atoms with Gasteiger partial charge in [0.1, 0.15) is 11.8 Å². The van der Waals surface area contributed by atoms with E-state index in [1.54, 1.807) is 25.3 Å². The summed E-state index contributed by atoms with van der Waals surface area (Å²) >= 11 is 0. The van der Waals surface area contributed by atoms with Crippen molar-refractivity contribution in [1.29, 1.82) is 0 Å². The Morgan fingerprint density at radius 2 is 1.78 bits per heavy atom. The molecule has 1 unspecified atom stereocenters. The SMILES string of the molecule is COc1ccccc1C(=O)NC(C(=O)N1CC[C@@H]2CNC[C@@H]2CC1)C(C)C. The Hall–Kier alpha value is -2.08. The maximum atomic E-state index is 13.2. The fourth-order valence-electron chi connectivity index (χ4n) is 4.20. The second-order valence-electron chi connectivity index (χ2n) is 7.98. The van der Waals surface area contributed by atoms with Crippen LogP contribution < -0.4 is 15.4 Å². The zero-order valence-corrected chi connectivity index (χ0v) is 16.5. The Morgan fingerprint density at radius 3 is 2.37 bits per heavy atom. The lowest BCUT2D eigenvalue weighted by Crippen LogP contribution is -2.51. The van der Waals surface area contributed by atoms with Gasteiger partial charge in [-0.05, 0) is 55.8 Å². The standard InChI is InChI=1S/C21H31N3O3/c1-14(2)19(23-20(25)17-6-4-5-7-18(17)27-3)21(26)24-10-8-15-12-22-13-16(15)9-11-24/h4-7,14-16,19,22H,8-13H2,1-3H3,(H,23,25)/t15-,16+,19?. The number of fused-ring (bicyclic) bond motifs is 1. The summed E-state index contributed by atoms with van der Waals surface area (Å²) in [4.78, 5) is 27.9. The first kappa shape index (κ1) is 19.7. The van der Waals surface area contributed by atoms with Crippen molar-refractivity contribution in [2.24, 2.45) is 17.8 Å². The number of ether oxygens (including phenoxy) is 1. The molecule has 0 bridgehead atoms. The Kier molecular flexibility index (Phi) is 6.37. The van der Waals surface area contributed by atoms with Gasteiger partial charge < -0.3 is 20.3 Å². The summed E-state index contributed by atoms with van der Waals surface area (Å²) in [7, 11) is 1.54. The summed E-state index contributed by atoms with van der Waals surface area (Å²) in [6.45, 7) is 7.61. The van der Waals surface area contributed by atoms with Crippen molar-refractivity contribution in [2.45, 2.75) is 32.7 Å². The quantitative estimate of drug-likeness (QED) is 0.827. The second-order valence-corrected chi connectivity index (χ2v) is 7.98. The number of methoxy groups -OCH3 is 1. The van der Waals surface area contributed by atoms with Crippen LogP contribution in [0.4, 0.5) is 0 Å². The summed E-state index contributed by atoms with van der Waals surface area (Å²) in [5.74, 6) is 1.63. The van der Waals surface area contributed by atoms with E-state index in [1.807, 2.05) is 24.8 Å². The molecule has 6 heteroatoms. The van der Waals surface area contributed by atoms with Crippen molar-refractivity contribution in [2.75, 3.05) is 33.3 Å². The number of likely N-dealkylation sites (tertiary alicyclic amines) is 1. The third kappa shape index (κ3) is 4.43. The molecule has 0 aliphatic carbocycles. The third-order valence-electron chi connectivity index (χ3n) is 5.90. The molecule has 0 radical (unpaired) electrons. The van der Waals surface area contributed by atoms with E-state index >= 15 is 0 Å². The Labute approximate surface area is 161 Å². The maximum absolute atomic E-state index is 13.2. The molecule has 1 aromatic rings. The van der Waals surface area contributed by atoms with Gasteiger partial charge in [0.2, 0.25) is 5.91 Å². The van der Waals surface area contributed by atoms with E-state index in [2.05, 4.69) is 10.6 Å². The fraction of sp³-hybridized carbons (Fsp3) is 0.619. The van der Waals surface area contributed by atoms with Gasteiger partial charge >= 0.3 is 0 Å². The zero-order valence-electron chi connectivity index (χ0n) is 16.5. The zero-order chi connectivity index (χ0) is 19.4. The molecule has 2 fully saturated rings. The molecular formula is C21H31N3O3. The molecular weight excluding hydrogens is 342 g/mol. The Bertz CT molecular complexity index is 662. The van der Waals surface area contributed by atoms with Gasteiger partial charge in [-0.3, -0.25) is 9.59 Å². The van der Waals surface area contributed by atoms with Gasteiger partial charge in [-0.25, -0.2) is 0 Å². The average Bonchev–Trinajstić information content (AvgIpc) is 3.03. The molecule has 0 saturated carbocycles. The molecule has 6 nitrogen and oxygen atoms in total. The van der Waals surface area contributed by atoms with Crippen molar-refractivity contribution < 1.29 is 14.3 Å². The number of hydrogen-bond donors (Lipinski definition) is 2. The van der Waals surface area contributed by atoms with Crippen LogP contribution >= 0.6 is 0 Å². The average molecular weight is 373 g/mol. The normalized spacial score (nSPS) is 23.5. The first-order chi connectivity index (χ1) is 13.0. The van der Waals surface area contributed by atoms with Crippen LogP contribution in [0.25, 0.3) is 0 Å². The smallest absolute Gasteiger partial charge is 0.255 e. The van der Waals surface area contributed by atoms with Crippen molar-refractivity contribution in [1.82, 2.24) is 15.5 Å². The number of hydrogen-bond acceptors (Lipinski definition) is 4. The number of carbonyl (C=O) groups excluding carboxylic acids is 2. The number of para-hydroxylation sites is 1. The largest absolute Gasteiger partial charge is 0.496 e. The molecule has 3 rings (SSSR count). The molecule has 0 aromatic heterocycles. The van der Waals surface area contributed by atoms with E-state index < -0.39 is 6.04 Å². The molecule has 2 heterocycles. The monoisotopic (exact) mass is 373 g/mol. The van der Waals surface area contributed by atoms with Crippen molar-refractivity contribution in [3.05, 3.63) is 29.8 Å². The third-order valence-corrected chi connectivity index (χ3v) is 5.90. The highest BCUT2D eigenvalue weighted by Gasteiger charge is 2.35. The minimum absolute atomic E-state index is 0.0144. The van der Waals surface area contributed by atoms with E-state index in [0.29, 0.717) is 23.1 Å².